The molecule has 3 aliphatic rings. The van der Waals surface area contributed by atoms with Gasteiger partial charge in [-0.3, -0.25) is 4.79 Å². The fraction of sp³-hybridized carbons (Fsp3) is 0.944. The number of carbonyl (C=O) groups is 1. The second kappa shape index (κ2) is 7.49. The summed E-state index contributed by atoms with van der Waals surface area (Å²) in [6, 6.07) is 0.101. The molecule has 1 aliphatic heterocycles. The maximum Gasteiger partial charge on any atom is 0.227 e. The van der Waals surface area contributed by atoms with Gasteiger partial charge >= 0.3 is 0 Å². The summed E-state index contributed by atoms with van der Waals surface area (Å²) in [6.07, 6.45) is 4.79. The van der Waals surface area contributed by atoms with Crippen molar-refractivity contribution >= 4 is 5.91 Å². The van der Waals surface area contributed by atoms with Crippen LogP contribution in [0.5, 0.6) is 0 Å². The molecule has 1 heterocycles. The zero-order chi connectivity index (χ0) is 16.4. The van der Waals surface area contributed by atoms with Crippen molar-refractivity contribution in [2.45, 2.75) is 51.7 Å². The molecular weight excluding hydrogens is 290 g/mol. The summed E-state index contributed by atoms with van der Waals surface area (Å²) in [5.41, 5.74) is 6.33. The Kier molecular flexibility index (Phi) is 5.60. The Bertz CT molecular complexity index is 411. The smallest absolute Gasteiger partial charge is 0.227 e. The minimum atomic E-state index is 0.0863. The molecule has 0 radical (unpaired) electrons. The second-order valence-electron chi connectivity index (χ2n) is 7.53. The average Bonchev–Trinajstić information content (AvgIpc) is 3.27. The number of rotatable bonds is 7. The molecule has 2 saturated carbocycles. The van der Waals surface area contributed by atoms with E-state index in [1.807, 2.05) is 4.90 Å². The summed E-state index contributed by atoms with van der Waals surface area (Å²) in [5, 5.41) is 0. The highest BCUT2D eigenvalue weighted by atomic mass is 16.5. The van der Waals surface area contributed by atoms with Gasteiger partial charge in [0, 0.05) is 25.7 Å². The lowest BCUT2D eigenvalue weighted by Crippen LogP contribution is -2.46. The van der Waals surface area contributed by atoms with Crippen LogP contribution in [-0.2, 0) is 9.53 Å². The van der Waals surface area contributed by atoms with Gasteiger partial charge in [0.2, 0.25) is 5.91 Å². The van der Waals surface area contributed by atoms with Gasteiger partial charge in [0.05, 0.1) is 18.6 Å². The van der Waals surface area contributed by atoms with Gasteiger partial charge in [0.25, 0.3) is 0 Å². The van der Waals surface area contributed by atoms with Gasteiger partial charge in [0.15, 0.2) is 0 Å². The normalized spacial score (nSPS) is 36.3. The van der Waals surface area contributed by atoms with Crippen LogP contribution in [0.15, 0.2) is 0 Å². The second-order valence-corrected chi connectivity index (χ2v) is 7.53. The molecule has 0 aromatic heterocycles. The monoisotopic (exact) mass is 323 g/mol. The van der Waals surface area contributed by atoms with Crippen LogP contribution in [0.4, 0.5) is 0 Å². The third kappa shape index (κ3) is 3.57. The van der Waals surface area contributed by atoms with Crippen molar-refractivity contribution in [3.63, 3.8) is 0 Å². The Balaban J connectivity index is 1.43. The molecule has 23 heavy (non-hydrogen) atoms. The molecule has 3 rings (SSSR count). The number of ether oxygens (including phenoxy) is 1. The number of hydrogen-bond acceptors (Lipinski definition) is 4. The van der Waals surface area contributed by atoms with Crippen molar-refractivity contribution in [3.05, 3.63) is 0 Å². The fourth-order valence-corrected chi connectivity index (χ4v) is 4.87. The number of likely N-dealkylation sites (tertiary alicyclic amines) is 1. The van der Waals surface area contributed by atoms with Gasteiger partial charge < -0.3 is 20.3 Å². The maximum atomic E-state index is 12.9. The molecule has 0 aromatic rings. The summed E-state index contributed by atoms with van der Waals surface area (Å²) < 4.78 is 6.00. The van der Waals surface area contributed by atoms with E-state index in [1.165, 1.54) is 19.3 Å². The van der Waals surface area contributed by atoms with Crippen LogP contribution in [0.25, 0.3) is 0 Å². The lowest BCUT2D eigenvalue weighted by Gasteiger charge is -2.30. The van der Waals surface area contributed by atoms with Crippen LogP contribution in [0.2, 0.25) is 0 Å². The first-order valence-electron chi connectivity index (χ1n) is 9.52. The van der Waals surface area contributed by atoms with E-state index in [0.29, 0.717) is 17.7 Å². The Hall–Kier alpha value is -0.650. The topological polar surface area (TPSA) is 58.8 Å². The van der Waals surface area contributed by atoms with Gasteiger partial charge in [-0.2, -0.15) is 0 Å². The molecule has 0 spiro atoms. The molecule has 5 heteroatoms. The first kappa shape index (κ1) is 17.2. The molecule has 5 atom stereocenters. The van der Waals surface area contributed by atoms with Gasteiger partial charge in [-0.1, -0.05) is 13.8 Å². The molecule has 2 bridgehead atoms. The van der Waals surface area contributed by atoms with Gasteiger partial charge in [-0.25, -0.2) is 0 Å². The van der Waals surface area contributed by atoms with Crippen LogP contribution in [0.3, 0.4) is 0 Å². The van der Waals surface area contributed by atoms with E-state index in [9.17, 15) is 4.79 Å². The highest BCUT2D eigenvalue weighted by molar-refractivity contribution is 5.81. The van der Waals surface area contributed by atoms with Crippen LogP contribution in [0.1, 0.15) is 39.5 Å². The predicted molar refractivity (Wildman–Crippen MR) is 91.0 cm³/mol. The van der Waals surface area contributed by atoms with Crippen LogP contribution < -0.4 is 5.73 Å². The molecule has 2 aliphatic carbocycles. The number of nitrogens with zero attached hydrogens (tertiary/aromatic N) is 2. The quantitative estimate of drug-likeness (QED) is 0.768. The first-order valence-corrected chi connectivity index (χ1v) is 9.52. The molecule has 2 N–H and O–H groups in total. The highest BCUT2D eigenvalue weighted by Crippen LogP contribution is 2.48. The molecular formula is C18H33N3O2. The highest BCUT2D eigenvalue weighted by Gasteiger charge is 2.50. The summed E-state index contributed by atoms with van der Waals surface area (Å²) in [6.45, 7) is 9.84. The first-order chi connectivity index (χ1) is 11.1. The van der Waals surface area contributed by atoms with E-state index in [-0.39, 0.29) is 18.1 Å². The molecule has 1 amide bonds. The Morgan fingerprint density at radius 3 is 2.61 bits per heavy atom. The number of nitrogens with two attached hydrogens (primary N) is 1. The number of carbonyl (C=O) groups excluding carboxylic acids is 1. The number of hydrogen-bond donors (Lipinski definition) is 1. The van der Waals surface area contributed by atoms with Gasteiger partial charge in [-0.05, 0) is 50.6 Å². The fourth-order valence-electron chi connectivity index (χ4n) is 4.87. The molecule has 1 saturated heterocycles. The van der Waals surface area contributed by atoms with Gasteiger partial charge in [-0.15, -0.1) is 0 Å². The zero-order valence-corrected chi connectivity index (χ0v) is 14.7. The van der Waals surface area contributed by atoms with E-state index >= 15 is 0 Å². The lowest BCUT2D eigenvalue weighted by atomic mass is 9.84. The zero-order valence-electron chi connectivity index (χ0n) is 14.7. The predicted octanol–water partition coefficient (Wildman–Crippen LogP) is 1.32. The standard InChI is InChI=1S/C18H33N3O2/c1-3-20(4-2)9-10-23-15-7-8-21(12-15)18(22)16-13-5-6-14(11-13)17(16)19/h13-17H,3-12,19H2,1-2H3. The Labute approximate surface area is 140 Å². The Morgan fingerprint density at radius 1 is 1.22 bits per heavy atom. The third-order valence-corrected chi connectivity index (χ3v) is 6.38. The summed E-state index contributed by atoms with van der Waals surface area (Å²) in [4.78, 5) is 17.2. The van der Waals surface area contributed by atoms with E-state index in [4.69, 9.17) is 10.5 Å². The number of likely N-dealkylation sites (N-methyl/N-ethyl adjacent to an activating group) is 1. The summed E-state index contributed by atoms with van der Waals surface area (Å²) in [5.74, 6) is 1.53. The van der Waals surface area contributed by atoms with Gasteiger partial charge in [0.1, 0.15) is 0 Å². The average molecular weight is 323 g/mol. The largest absolute Gasteiger partial charge is 0.375 e. The minimum absolute atomic E-state index is 0.0863. The van der Waals surface area contributed by atoms with E-state index in [1.54, 1.807) is 0 Å². The van der Waals surface area contributed by atoms with Crippen LogP contribution >= 0.6 is 0 Å². The maximum absolute atomic E-state index is 12.9. The summed E-state index contributed by atoms with van der Waals surface area (Å²) >= 11 is 0. The minimum Gasteiger partial charge on any atom is -0.375 e. The van der Waals surface area contributed by atoms with Crippen molar-refractivity contribution in [2.75, 3.05) is 39.3 Å². The lowest BCUT2D eigenvalue weighted by molar-refractivity contribution is -0.137. The molecule has 0 aromatic carbocycles. The number of amides is 1. The van der Waals surface area contributed by atoms with Crippen molar-refractivity contribution in [3.8, 4) is 0 Å². The molecule has 132 valence electrons. The van der Waals surface area contributed by atoms with Crippen molar-refractivity contribution in [1.82, 2.24) is 9.80 Å². The van der Waals surface area contributed by atoms with E-state index in [2.05, 4.69) is 18.7 Å². The van der Waals surface area contributed by atoms with Crippen molar-refractivity contribution in [1.29, 1.82) is 0 Å². The van der Waals surface area contributed by atoms with E-state index in [0.717, 1.165) is 45.8 Å². The van der Waals surface area contributed by atoms with Crippen molar-refractivity contribution in [2.24, 2.45) is 23.5 Å². The summed E-state index contributed by atoms with van der Waals surface area (Å²) in [7, 11) is 0. The molecule has 3 fully saturated rings. The van der Waals surface area contributed by atoms with E-state index < -0.39 is 0 Å². The SMILES string of the molecule is CCN(CC)CCOC1CCN(C(=O)C2C3CCC(C3)C2N)C1. The van der Waals surface area contributed by atoms with Crippen molar-refractivity contribution < 1.29 is 9.53 Å². The molecule has 5 unspecified atom stereocenters. The third-order valence-electron chi connectivity index (χ3n) is 6.38. The number of fused-ring (bicyclic) bond motifs is 2. The molecule has 5 nitrogen and oxygen atoms in total. The van der Waals surface area contributed by atoms with Crippen LogP contribution in [0, 0.1) is 17.8 Å². The van der Waals surface area contributed by atoms with Crippen LogP contribution in [-0.4, -0.2) is 67.2 Å². The Morgan fingerprint density at radius 2 is 1.96 bits per heavy atom.